The first-order valence-electron chi connectivity index (χ1n) is 6.81. The van der Waals surface area contributed by atoms with Gasteiger partial charge in [0.25, 0.3) is 5.91 Å². The number of hydrogen-bond acceptors (Lipinski definition) is 3. The smallest absolute Gasteiger partial charge is 0.289 e. The predicted octanol–water partition coefficient (Wildman–Crippen LogP) is 2.88. The van der Waals surface area contributed by atoms with Crippen LogP contribution in [0.1, 0.15) is 17.0 Å². The molecule has 1 fully saturated rings. The average molecular weight is 337 g/mol. The molecule has 0 bridgehead atoms. The van der Waals surface area contributed by atoms with Crippen molar-refractivity contribution in [3.8, 4) is 0 Å². The SMILES string of the molecule is CNCC1CCN(C(=O)c2cc3cccc(Br)c3o2)C1. The number of nitrogens with one attached hydrogen (secondary N) is 1. The van der Waals surface area contributed by atoms with Crippen LogP contribution in [0.25, 0.3) is 11.0 Å². The van der Waals surface area contributed by atoms with E-state index < -0.39 is 0 Å². The summed E-state index contributed by atoms with van der Waals surface area (Å²) >= 11 is 3.45. The van der Waals surface area contributed by atoms with Crippen LogP contribution in [0.15, 0.2) is 33.2 Å². The number of benzene rings is 1. The van der Waals surface area contributed by atoms with Gasteiger partial charge in [0.2, 0.25) is 0 Å². The van der Waals surface area contributed by atoms with Crippen molar-refractivity contribution in [3.63, 3.8) is 0 Å². The Morgan fingerprint density at radius 3 is 3.15 bits per heavy atom. The first kappa shape index (κ1) is 13.6. The molecule has 1 atom stereocenters. The Hall–Kier alpha value is -1.33. The predicted molar refractivity (Wildman–Crippen MR) is 81.9 cm³/mol. The lowest BCUT2D eigenvalue weighted by atomic mass is 10.1. The monoisotopic (exact) mass is 336 g/mol. The first-order valence-corrected chi connectivity index (χ1v) is 7.60. The fourth-order valence-electron chi connectivity index (χ4n) is 2.76. The summed E-state index contributed by atoms with van der Waals surface area (Å²) in [5, 5.41) is 4.12. The van der Waals surface area contributed by atoms with E-state index in [1.165, 1.54) is 0 Å². The van der Waals surface area contributed by atoms with Crippen LogP contribution in [0.3, 0.4) is 0 Å². The third kappa shape index (κ3) is 2.47. The summed E-state index contributed by atoms with van der Waals surface area (Å²) in [5.74, 6) is 0.962. The zero-order valence-electron chi connectivity index (χ0n) is 11.4. The number of fused-ring (bicyclic) bond motifs is 1. The highest BCUT2D eigenvalue weighted by Crippen LogP contribution is 2.28. The molecule has 1 aromatic heterocycles. The zero-order chi connectivity index (χ0) is 14.1. The maximum absolute atomic E-state index is 12.5. The zero-order valence-corrected chi connectivity index (χ0v) is 12.9. The van der Waals surface area contributed by atoms with Gasteiger partial charge >= 0.3 is 0 Å². The number of furan rings is 1. The van der Waals surface area contributed by atoms with Crippen LogP contribution < -0.4 is 5.32 Å². The fourth-order valence-corrected chi connectivity index (χ4v) is 3.22. The topological polar surface area (TPSA) is 45.5 Å². The van der Waals surface area contributed by atoms with Gasteiger partial charge in [-0.15, -0.1) is 0 Å². The molecule has 1 aliphatic heterocycles. The van der Waals surface area contributed by atoms with Gasteiger partial charge in [-0.1, -0.05) is 12.1 Å². The van der Waals surface area contributed by atoms with Crippen molar-refractivity contribution >= 4 is 32.8 Å². The molecule has 0 radical (unpaired) electrons. The molecule has 4 nitrogen and oxygen atoms in total. The summed E-state index contributed by atoms with van der Waals surface area (Å²) in [6.45, 7) is 2.57. The van der Waals surface area contributed by atoms with E-state index in [2.05, 4.69) is 21.2 Å². The minimum absolute atomic E-state index is 0.00768. The van der Waals surface area contributed by atoms with Gasteiger partial charge in [0.05, 0.1) is 4.47 Å². The van der Waals surface area contributed by atoms with Crippen molar-refractivity contribution < 1.29 is 9.21 Å². The Labute approximate surface area is 126 Å². The van der Waals surface area contributed by atoms with Crippen LogP contribution >= 0.6 is 15.9 Å². The lowest BCUT2D eigenvalue weighted by Gasteiger charge is -2.14. The Morgan fingerprint density at radius 2 is 2.40 bits per heavy atom. The maximum Gasteiger partial charge on any atom is 0.289 e. The highest BCUT2D eigenvalue weighted by Gasteiger charge is 2.28. The third-order valence-corrected chi connectivity index (χ3v) is 4.40. The molecule has 0 saturated carbocycles. The second-order valence-corrected chi connectivity index (χ2v) is 6.09. The summed E-state index contributed by atoms with van der Waals surface area (Å²) in [6.07, 6.45) is 1.05. The number of nitrogens with zero attached hydrogens (tertiary/aromatic N) is 1. The second-order valence-electron chi connectivity index (χ2n) is 5.23. The van der Waals surface area contributed by atoms with E-state index in [1.807, 2.05) is 36.2 Å². The molecule has 5 heteroatoms. The molecule has 20 heavy (non-hydrogen) atoms. The van der Waals surface area contributed by atoms with E-state index in [9.17, 15) is 4.79 Å². The quantitative estimate of drug-likeness (QED) is 0.937. The summed E-state index contributed by atoms with van der Waals surface area (Å²) in [7, 11) is 1.95. The lowest BCUT2D eigenvalue weighted by molar-refractivity contribution is 0.0758. The molecule has 3 rings (SSSR count). The normalized spacial score (nSPS) is 18.9. The van der Waals surface area contributed by atoms with Gasteiger partial charge in [0.15, 0.2) is 5.76 Å². The second kappa shape index (κ2) is 5.58. The van der Waals surface area contributed by atoms with Gasteiger partial charge in [0.1, 0.15) is 5.58 Å². The number of rotatable bonds is 3. The fraction of sp³-hybridized carbons (Fsp3) is 0.400. The summed E-state index contributed by atoms with van der Waals surface area (Å²) in [4.78, 5) is 14.4. The average Bonchev–Trinajstić information content (AvgIpc) is 3.05. The molecule has 0 aliphatic carbocycles. The lowest BCUT2D eigenvalue weighted by Crippen LogP contribution is -2.30. The third-order valence-electron chi connectivity index (χ3n) is 3.77. The molecule has 2 heterocycles. The van der Waals surface area contributed by atoms with Crippen molar-refractivity contribution in [3.05, 3.63) is 34.5 Å². The number of halogens is 1. The molecule has 1 saturated heterocycles. The molecule has 2 aromatic rings. The van der Waals surface area contributed by atoms with E-state index in [0.717, 1.165) is 41.5 Å². The Balaban J connectivity index is 1.81. The standard InChI is InChI=1S/C15H17BrN2O2/c1-17-8-10-5-6-18(9-10)15(19)13-7-11-3-2-4-12(16)14(11)20-13/h2-4,7,10,17H,5-6,8-9H2,1H3. The van der Waals surface area contributed by atoms with Crippen LogP contribution in [0.2, 0.25) is 0 Å². The number of carbonyl (C=O) groups is 1. The van der Waals surface area contributed by atoms with Crippen molar-refractivity contribution in [2.24, 2.45) is 5.92 Å². The summed E-state index contributed by atoms with van der Waals surface area (Å²) in [5.41, 5.74) is 0.738. The number of amides is 1. The van der Waals surface area contributed by atoms with Crippen molar-refractivity contribution in [1.82, 2.24) is 10.2 Å². The van der Waals surface area contributed by atoms with Crippen LogP contribution in [-0.2, 0) is 0 Å². The largest absolute Gasteiger partial charge is 0.450 e. The van der Waals surface area contributed by atoms with E-state index in [-0.39, 0.29) is 5.91 Å². The van der Waals surface area contributed by atoms with Gasteiger partial charge in [-0.25, -0.2) is 0 Å². The molecule has 0 spiro atoms. The molecule has 1 amide bonds. The Kier molecular flexibility index (Phi) is 3.81. The van der Waals surface area contributed by atoms with Crippen LogP contribution in [0, 0.1) is 5.92 Å². The maximum atomic E-state index is 12.5. The van der Waals surface area contributed by atoms with Gasteiger partial charge < -0.3 is 14.6 Å². The van der Waals surface area contributed by atoms with Crippen molar-refractivity contribution in [2.45, 2.75) is 6.42 Å². The van der Waals surface area contributed by atoms with Gasteiger partial charge in [0, 0.05) is 18.5 Å². The van der Waals surface area contributed by atoms with Crippen LogP contribution in [-0.4, -0.2) is 37.5 Å². The van der Waals surface area contributed by atoms with E-state index >= 15 is 0 Å². The van der Waals surface area contributed by atoms with Crippen LogP contribution in [0.4, 0.5) is 0 Å². The Morgan fingerprint density at radius 1 is 1.55 bits per heavy atom. The molecule has 1 unspecified atom stereocenters. The van der Waals surface area contributed by atoms with E-state index in [4.69, 9.17) is 4.42 Å². The molecule has 1 N–H and O–H groups in total. The molecule has 1 aromatic carbocycles. The van der Waals surface area contributed by atoms with Gasteiger partial charge in [-0.2, -0.15) is 0 Å². The van der Waals surface area contributed by atoms with Gasteiger partial charge in [-0.05, 0) is 54.0 Å². The Bertz CT molecular complexity index is 638. The molecule has 106 valence electrons. The highest BCUT2D eigenvalue weighted by molar-refractivity contribution is 9.10. The van der Waals surface area contributed by atoms with E-state index in [1.54, 1.807) is 0 Å². The number of hydrogen-bond donors (Lipinski definition) is 1. The van der Waals surface area contributed by atoms with Gasteiger partial charge in [-0.3, -0.25) is 4.79 Å². The molecular formula is C15H17BrN2O2. The first-order chi connectivity index (χ1) is 9.69. The van der Waals surface area contributed by atoms with Crippen LogP contribution in [0.5, 0.6) is 0 Å². The number of carbonyl (C=O) groups excluding carboxylic acids is 1. The number of para-hydroxylation sites is 1. The number of likely N-dealkylation sites (tertiary alicyclic amines) is 1. The summed E-state index contributed by atoms with van der Waals surface area (Å²) < 4.78 is 6.59. The van der Waals surface area contributed by atoms with Crippen molar-refractivity contribution in [1.29, 1.82) is 0 Å². The molecule has 1 aliphatic rings. The molecular weight excluding hydrogens is 320 g/mol. The highest BCUT2D eigenvalue weighted by atomic mass is 79.9. The minimum Gasteiger partial charge on any atom is -0.450 e. The minimum atomic E-state index is -0.00768. The van der Waals surface area contributed by atoms with Crippen molar-refractivity contribution in [2.75, 3.05) is 26.7 Å². The summed E-state index contributed by atoms with van der Waals surface area (Å²) in [6, 6.07) is 7.63. The van der Waals surface area contributed by atoms with E-state index in [0.29, 0.717) is 11.7 Å².